The van der Waals surface area contributed by atoms with E-state index in [1.807, 2.05) is 0 Å². The van der Waals surface area contributed by atoms with Crippen molar-refractivity contribution in [2.24, 2.45) is 0 Å². The van der Waals surface area contributed by atoms with Crippen molar-refractivity contribution in [1.82, 2.24) is 4.98 Å². The van der Waals surface area contributed by atoms with Crippen LogP contribution in [0.2, 0.25) is 0 Å². The van der Waals surface area contributed by atoms with Crippen LogP contribution < -0.4 is 5.32 Å². The lowest BCUT2D eigenvalue weighted by Crippen LogP contribution is -2.08. The van der Waals surface area contributed by atoms with Gasteiger partial charge in [-0.15, -0.1) is 0 Å². The second-order valence-corrected chi connectivity index (χ2v) is 7.78. The van der Waals surface area contributed by atoms with Crippen molar-refractivity contribution < 1.29 is 17.9 Å². The first-order valence-electron chi connectivity index (χ1n) is 11.3. The molecule has 0 saturated carbocycles. The maximum Gasteiger partial charge on any atom is 0.418 e. The van der Waals surface area contributed by atoms with E-state index in [2.05, 4.69) is 17.2 Å². The number of unbranched alkanes of at least 4 members (excludes halogenated alkanes) is 8. The van der Waals surface area contributed by atoms with Crippen LogP contribution in [0.25, 0.3) is 10.9 Å². The summed E-state index contributed by atoms with van der Waals surface area (Å²) in [6, 6.07) is 5.94. The van der Waals surface area contributed by atoms with Crippen LogP contribution in [0.15, 0.2) is 30.5 Å². The van der Waals surface area contributed by atoms with Crippen LogP contribution in [-0.2, 0) is 10.9 Å². The summed E-state index contributed by atoms with van der Waals surface area (Å²) in [6.07, 6.45) is 8.83. The Morgan fingerprint density at radius 1 is 0.867 bits per heavy atom. The number of pyridine rings is 1. The van der Waals surface area contributed by atoms with Crippen LogP contribution >= 0.6 is 0 Å². The molecule has 0 aliphatic rings. The standard InChI is InChI=1S/C24H35F3N2O/c1-2-3-4-10-18-30-19-11-8-6-5-7-9-16-28-22-15-17-29-23-20(22)13-12-14-21(23)24(25,26)27/h12-15,17H,2-11,16,18-19H2,1H3,(H,28,29). The Labute approximate surface area is 178 Å². The zero-order valence-corrected chi connectivity index (χ0v) is 18.1. The van der Waals surface area contributed by atoms with Crippen LogP contribution in [0.1, 0.15) is 76.7 Å². The van der Waals surface area contributed by atoms with E-state index in [4.69, 9.17) is 4.74 Å². The monoisotopic (exact) mass is 424 g/mol. The summed E-state index contributed by atoms with van der Waals surface area (Å²) in [7, 11) is 0. The van der Waals surface area contributed by atoms with Gasteiger partial charge in [0.25, 0.3) is 0 Å². The summed E-state index contributed by atoms with van der Waals surface area (Å²) in [5.41, 5.74) is 0.0263. The number of alkyl halides is 3. The summed E-state index contributed by atoms with van der Waals surface area (Å²) in [5, 5.41) is 3.79. The van der Waals surface area contributed by atoms with Gasteiger partial charge in [-0.2, -0.15) is 13.2 Å². The average molecular weight is 425 g/mol. The molecule has 6 heteroatoms. The SMILES string of the molecule is CCCCCCOCCCCCCCCNc1ccnc2c(C(F)(F)F)cccc12. The Hall–Kier alpha value is -1.82. The molecule has 0 bridgehead atoms. The van der Waals surface area contributed by atoms with Gasteiger partial charge in [-0.3, -0.25) is 4.98 Å². The molecule has 1 heterocycles. The van der Waals surface area contributed by atoms with Gasteiger partial charge < -0.3 is 10.1 Å². The van der Waals surface area contributed by atoms with Crippen LogP contribution in [0.5, 0.6) is 0 Å². The van der Waals surface area contributed by atoms with Crippen molar-refractivity contribution in [3.8, 4) is 0 Å². The summed E-state index contributed by atoms with van der Waals surface area (Å²) >= 11 is 0. The molecule has 2 aromatic rings. The number of aromatic nitrogens is 1. The van der Waals surface area contributed by atoms with E-state index in [-0.39, 0.29) is 5.52 Å². The van der Waals surface area contributed by atoms with E-state index >= 15 is 0 Å². The van der Waals surface area contributed by atoms with Gasteiger partial charge in [-0.25, -0.2) is 0 Å². The quantitative estimate of drug-likeness (QED) is 0.299. The van der Waals surface area contributed by atoms with E-state index in [1.165, 1.54) is 57.2 Å². The van der Waals surface area contributed by atoms with Gasteiger partial charge in [0.2, 0.25) is 0 Å². The van der Waals surface area contributed by atoms with Crippen molar-refractivity contribution in [2.45, 2.75) is 77.3 Å². The minimum Gasteiger partial charge on any atom is -0.384 e. The van der Waals surface area contributed by atoms with Crippen molar-refractivity contribution >= 4 is 16.6 Å². The third-order valence-electron chi connectivity index (χ3n) is 5.25. The first kappa shape index (κ1) is 24.4. The first-order chi connectivity index (χ1) is 14.5. The lowest BCUT2D eigenvalue weighted by molar-refractivity contribution is -0.136. The molecule has 2 rings (SSSR count). The molecule has 0 unspecified atom stereocenters. The molecule has 0 saturated heterocycles. The molecule has 1 aromatic heterocycles. The molecule has 1 N–H and O–H groups in total. The largest absolute Gasteiger partial charge is 0.418 e. The normalized spacial score (nSPS) is 11.9. The Morgan fingerprint density at radius 3 is 2.23 bits per heavy atom. The molecule has 3 nitrogen and oxygen atoms in total. The number of hydrogen-bond donors (Lipinski definition) is 1. The number of anilines is 1. The van der Waals surface area contributed by atoms with Crippen LogP contribution in [0.4, 0.5) is 18.9 Å². The van der Waals surface area contributed by atoms with Gasteiger partial charge >= 0.3 is 6.18 Å². The smallest absolute Gasteiger partial charge is 0.384 e. The molecule has 0 atom stereocenters. The predicted octanol–water partition coefficient (Wildman–Crippen LogP) is 7.60. The molecule has 0 aliphatic heterocycles. The lowest BCUT2D eigenvalue weighted by Gasteiger charge is -2.13. The van der Waals surface area contributed by atoms with Crippen LogP contribution in [-0.4, -0.2) is 24.7 Å². The van der Waals surface area contributed by atoms with Crippen LogP contribution in [0, 0.1) is 0 Å². The fourth-order valence-corrected chi connectivity index (χ4v) is 3.55. The lowest BCUT2D eigenvalue weighted by atomic mass is 10.1. The maximum atomic E-state index is 13.2. The molecular weight excluding hydrogens is 389 g/mol. The number of fused-ring (bicyclic) bond motifs is 1. The fraction of sp³-hybridized carbons (Fsp3) is 0.625. The molecule has 30 heavy (non-hydrogen) atoms. The highest BCUT2D eigenvalue weighted by molar-refractivity contribution is 5.93. The van der Waals surface area contributed by atoms with E-state index in [9.17, 15) is 13.2 Å². The fourth-order valence-electron chi connectivity index (χ4n) is 3.55. The number of para-hydroxylation sites is 1. The molecule has 0 aliphatic carbocycles. The zero-order chi connectivity index (χ0) is 21.7. The van der Waals surface area contributed by atoms with Gasteiger partial charge in [-0.05, 0) is 31.4 Å². The minimum atomic E-state index is -4.40. The van der Waals surface area contributed by atoms with E-state index in [0.717, 1.165) is 45.1 Å². The Kier molecular flexibility index (Phi) is 11.0. The van der Waals surface area contributed by atoms with E-state index < -0.39 is 11.7 Å². The number of halogens is 3. The molecule has 0 fully saturated rings. The maximum absolute atomic E-state index is 13.2. The average Bonchev–Trinajstić information content (AvgIpc) is 2.73. The van der Waals surface area contributed by atoms with Gasteiger partial charge in [0.1, 0.15) is 0 Å². The summed E-state index contributed by atoms with van der Waals surface area (Å²) in [4.78, 5) is 3.96. The van der Waals surface area contributed by atoms with Crippen molar-refractivity contribution in [2.75, 3.05) is 25.1 Å². The zero-order valence-electron chi connectivity index (χ0n) is 18.1. The van der Waals surface area contributed by atoms with Gasteiger partial charge in [-0.1, -0.05) is 64.0 Å². The summed E-state index contributed by atoms with van der Waals surface area (Å²) in [6.45, 7) is 4.71. The Balaban J connectivity index is 1.59. The van der Waals surface area contributed by atoms with Crippen molar-refractivity contribution in [3.05, 3.63) is 36.0 Å². The number of nitrogens with one attached hydrogen (secondary N) is 1. The van der Waals surface area contributed by atoms with E-state index in [0.29, 0.717) is 11.1 Å². The van der Waals surface area contributed by atoms with E-state index in [1.54, 1.807) is 12.1 Å². The molecule has 168 valence electrons. The number of benzene rings is 1. The highest BCUT2D eigenvalue weighted by Crippen LogP contribution is 2.35. The molecule has 0 amide bonds. The van der Waals surface area contributed by atoms with Gasteiger partial charge in [0.15, 0.2) is 0 Å². The highest BCUT2D eigenvalue weighted by atomic mass is 19.4. The topological polar surface area (TPSA) is 34.1 Å². The van der Waals surface area contributed by atoms with Crippen LogP contribution in [0.3, 0.4) is 0 Å². The van der Waals surface area contributed by atoms with Gasteiger partial charge in [0, 0.05) is 37.0 Å². The molecule has 1 aromatic carbocycles. The summed E-state index contributed by atoms with van der Waals surface area (Å²) in [5.74, 6) is 0. The molecular formula is C24H35F3N2O. The first-order valence-corrected chi connectivity index (χ1v) is 11.3. The number of hydrogen-bond acceptors (Lipinski definition) is 3. The third-order valence-corrected chi connectivity index (χ3v) is 5.25. The van der Waals surface area contributed by atoms with Crippen molar-refractivity contribution in [3.63, 3.8) is 0 Å². The third kappa shape index (κ3) is 8.50. The predicted molar refractivity (Wildman–Crippen MR) is 118 cm³/mol. The highest BCUT2D eigenvalue weighted by Gasteiger charge is 2.33. The summed E-state index contributed by atoms with van der Waals surface area (Å²) < 4.78 is 45.2. The number of rotatable bonds is 15. The van der Waals surface area contributed by atoms with Gasteiger partial charge in [0.05, 0.1) is 11.1 Å². The number of ether oxygens (including phenoxy) is 1. The second kappa shape index (κ2) is 13.5. The minimum absolute atomic E-state index is 0.00239. The molecule has 0 radical (unpaired) electrons. The Bertz CT molecular complexity index is 734. The molecule has 0 spiro atoms. The Morgan fingerprint density at radius 2 is 1.53 bits per heavy atom. The number of nitrogens with zero attached hydrogens (tertiary/aromatic N) is 1. The van der Waals surface area contributed by atoms with Crippen molar-refractivity contribution in [1.29, 1.82) is 0 Å². The second-order valence-electron chi connectivity index (χ2n) is 7.78.